The van der Waals surface area contributed by atoms with E-state index in [0.29, 0.717) is 5.69 Å². The second kappa shape index (κ2) is 4.37. The van der Waals surface area contributed by atoms with Crippen molar-refractivity contribution in [3.8, 4) is 11.8 Å². The monoisotopic (exact) mass is 247 g/mol. The summed E-state index contributed by atoms with van der Waals surface area (Å²) >= 11 is 0. The molecule has 90 valence electrons. The molecule has 4 nitrogen and oxygen atoms in total. The Morgan fingerprint density at radius 1 is 1.28 bits per heavy atom. The Kier molecular flexibility index (Phi) is 2.90. The van der Waals surface area contributed by atoms with Crippen LogP contribution in [-0.2, 0) is 0 Å². The summed E-state index contributed by atoms with van der Waals surface area (Å²) in [6.07, 6.45) is 0. The van der Waals surface area contributed by atoms with Crippen molar-refractivity contribution in [3.05, 3.63) is 57.5 Å². The highest BCUT2D eigenvalue weighted by molar-refractivity contribution is 5.35. The number of nitrogens with zero attached hydrogens (tertiary/aromatic N) is 3. The molecule has 0 amide bonds. The Morgan fingerprint density at radius 2 is 2.00 bits per heavy atom. The molecule has 0 N–H and O–H groups in total. The van der Waals surface area contributed by atoms with Gasteiger partial charge in [-0.05, 0) is 19.1 Å². The van der Waals surface area contributed by atoms with Crippen LogP contribution in [-0.4, -0.2) is 9.78 Å². The summed E-state index contributed by atoms with van der Waals surface area (Å²) in [6.45, 7) is 1.55. The van der Waals surface area contributed by atoms with Gasteiger partial charge in [-0.15, -0.1) is 0 Å². The van der Waals surface area contributed by atoms with E-state index in [1.54, 1.807) is 6.92 Å². The molecule has 0 aliphatic rings. The molecule has 2 rings (SSSR count). The predicted octanol–water partition coefficient (Wildman–Crippen LogP) is 1.69. The lowest BCUT2D eigenvalue weighted by molar-refractivity contribution is 0.507. The number of nitriles is 1. The van der Waals surface area contributed by atoms with E-state index >= 15 is 0 Å². The lowest BCUT2D eigenvalue weighted by Gasteiger charge is -2.06. The van der Waals surface area contributed by atoms with E-state index in [1.165, 1.54) is 6.07 Å². The molecule has 0 aliphatic carbocycles. The molecular formula is C12H7F2N3O. The van der Waals surface area contributed by atoms with Gasteiger partial charge >= 0.3 is 0 Å². The van der Waals surface area contributed by atoms with E-state index in [0.717, 1.165) is 22.9 Å². The fraction of sp³-hybridized carbons (Fsp3) is 0.0833. The van der Waals surface area contributed by atoms with Gasteiger partial charge in [0.1, 0.15) is 6.07 Å². The van der Waals surface area contributed by atoms with Gasteiger partial charge in [-0.25, -0.2) is 8.78 Å². The molecule has 0 unspecified atom stereocenters. The minimum absolute atomic E-state index is 0.103. The molecule has 1 aromatic carbocycles. The first-order valence-corrected chi connectivity index (χ1v) is 4.99. The fourth-order valence-electron chi connectivity index (χ4n) is 1.46. The summed E-state index contributed by atoms with van der Waals surface area (Å²) in [7, 11) is 0. The van der Waals surface area contributed by atoms with E-state index < -0.39 is 17.2 Å². The summed E-state index contributed by atoms with van der Waals surface area (Å²) in [4.78, 5) is 11.7. The predicted molar refractivity (Wildman–Crippen MR) is 59.2 cm³/mol. The molecule has 1 aromatic heterocycles. The van der Waals surface area contributed by atoms with Gasteiger partial charge in [-0.2, -0.15) is 15.0 Å². The normalized spacial score (nSPS) is 10.1. The molecule has 0 radical (unpaired) electrons. The van der Waals surface area contributed by atoms with Gasteiger partial charge in [0.05, 0.1) is 16.9 Å². The number of aryl methyl sites for hydroxylation is 1. The first-order chi connectivity index (χ1) is 8.52. The SMILES string of the molecule is Cc1nn(-c2ccc(F)c(F)c2)c(=O)cc1C#N. The van der Waals surface area contributed by atoms with Crippen molar-refractivity contribution in [2.75, 3.05) is 0 Å². The van der Waals surface area contributed by atoms with Crippen LogP contribution >= 0.6 is 0 Å². The molecule has 0 aliphatic heterocycles. The number of aromatic nitrogens is 2. The van der Waals surface area contributed by atoms with Gasteiger partial charge in [0, 0.05) is 12.1 Å². The third-order valence-electron chi connectivity index (χ3n) is 2.38. The van der Waals surface area contributed by atoms with Crippen LogP contribution in [0.15, 0.2) is 29.1 Å². The Morgan fingerprint density at radius 3 is 2.61 bits per heavy atom. The van der Waals surface area contributed by atoms with Crippen molar-refractivity contribution in [3.63, 3.8) is 0 Å². The quantitative estimate of drug-likeness (QED) is 0.770. The molecule has 6 heteroatoms. The topological polar surface area (TPSA) is 58.7 Å². The number of halogens is 2. The average molecular weight is 247 g/mol. The highest BCUT2D eigenvalue weighted by atomic mass is 19.2. The van der Waals surface area contributed by atoms with Crippen molar-refractivity contribution in [1.29, 1.82) is 5.26 Å². The van der Waals surface area contributed by atoms with Crippen LogP contribution in [0.2, 0.25) is 0 Å². The van der Waals surface area contributed by atoms with Crippen molar-refractivity contribution < 1.29 is 8.78 Å². The lowest BCUT2D eigenvalue weighted by Crippen LogP contribution is -2.22. The number of benzene rings is 1. The molecule has 2 aromatic rings. The van der Waals surface area contributed by atoms with Gasteiger partial charge in [0.15, 0.2) is 11.6 Å². The van der Waals surface area contributed by atoms with Crippen molar-refractivity contribution >= 4 is 0 Å². The van der Waals surface area contributed by atoms with Crippen LogP contribution < -0.4 is 5.56 Å². The third kappa shape index (κ3) is 1.98. The maximum atomic E-state index is 13.1. The van der Waals surface area contributed by atoms with E-state index in [4.69, 9.17) is 5.26 Å². The van der Waals surface area contributed by atoms with Crippen molar-refractivity contribution in [2.45, 2.75) is 6.92 Å². The highest BCUT2D eigenvalue weighted by Gasteiger charge is 2.09. The van der Waals surface area contributed by atoms with Crippen molar-refractivity contribution in [1.82, 2.24) is 9.78 Å². The summed E-state index contributed by atoms with van der Waals surface area (Å²) < 4.78 is 26.8. The first kappa shape index (κ1) is 11.9. The van der Waals surface area contributed by atoms with Crippen LogP contribution in [0.5, 0.6) is 0 Å². The van der Waals surface area contributed by atoms with Crippen LogP contribution in [0.3, 0.4) is 0 Å². The zero-order chi connectivity index (χ0) is 13.3. The molecule has 18 heavy (non-hydrogen) atoms. The van der Waals surface area contributed by atoms with Crippen LogP contribution in [0, 0.1) is 29.9 Å². The fourth-order valence-corrected chi connectivity index (χ4v) is 1.46. The second-order valence-corrected chi connectivity index (χ2v) is 3.60. The summed E-state index contributed by atoms with van der Waals surface area (Å²) in [6, 6.07) is 5.94. The maximum absolute atomic E-state index is 13.1. The molecule has 0 fully saturated rings. The third-order valence-corrected chi connectivity index (χ3v) is 2.38. The van der Waals surface area contributed by atoms with Gasteiger partial charge in [-0.3, -0.25) is 4.79 Å². The zero-order valence-electron chi connectivity index (χ0n) is 9.32. The van der Waals surface area contributed by atoms with Crippen LogP contribution in [0.25, 0.3) is 5.69 Å². The Hall–Kier alpha value is -2.55. The molecular weight excluding hydrogens is 240 g/mol. The summed E-state index contributed by atoms with van der Waals surface area (Å²) in [5, 5.41) is 12.6. The van der Waals surface area contributed by atoms with E-state index in [1.807, 2.05) is 6.07 Å². The minimum Gasteiger partial charge on any atom is -0.267 e. The molecule has 0 bridgehead atoms. The molecule has 1 heterocycles. The molecule has 0 saturated carbocycles. The Bertz CT molecular complexity index is 716. The van der Waals surface area contributed by atoms with Crippen molar-refractivity contribution in [2.24, 2.45) is 0 Å². The summed E-state index contributed by atoms with van der Waals surface area (Å²) in [5.41, 5.74) is 0.00955. The van der Waals surface area contributed by atoms with Gasteiger partial charge < -0.3 is 0 Å². The smallest absolute Gasteiger partial charge is 0.267 e. The standard InChI is InChI=1S/C12H7F2N3O/c1-7-8(6-15)4-12(18)17(16-7)9-2-3-10(13)11(14)5-9/h2-5H,1H3. The Labute approximate surface area is 101 Å². The summed E-state index contributed by atoms with van der Waals surface area (Å²) in [5.74, 6) is -2.07. The van der Waals surface area contributed by atoms with Gasteiger partial charge in [-0.1, -0.05) is 0 Å². The average Bonchev–Trinajstić information content (AvgIpc) is 2.35. The number of hydrogen-bond donors (Lipinski definition) is 0. The zero-order valence-corrected chi connectivity index (χ0v) is 9.32. The second-order valence-electron chi connectivity index (χ2n) is 3.60. The molecule has 0 atom stereocenters. The minimum atomic E-state index is -1.07. The maximum Gasteiger partial charge on any atom is 0.272 e. The first-order valence-electron chi connectivity index (χ1n) is 4.99. The largest absolute Gasteiger partial charge is 0.272 e. The molecule has 0 spiro atoms. The lowest BCUT2D eigenvalue weighted by atomic mass is 10.2. The molecule has 0 saturated heterocycles. The van der Waals surface area contributed by atoms with Crippen LogP contribution in [0.1, 0.15) is 11.3 Å². The number of hydrogen-bond acceptors (Lipinski definition) is 3. The van der Waals surface area contributed by atoms with Crippen LogP contribution in [0.4, 0.5) is 8.78 Å². The highest BCUT2D eigenvalue weighted by Crippen LogP contribution is 2.11. The van der Waals surface area contributed by atoms with E-state index in [-0.39, 0.29) is 11.3 Å². The van der Waals surface area contributed by atoms with Gasteiger partial charge in [0.25, 0.3) is 5.56 Å². The van der Waals surface area contributed by atoms with Gasteiger partial charge in [0.2, 0.25) is 0 Å². The van der Waals surface area contributed by atoms with E-state index in [2.05, 4.69) is 5.10 Å². The van der Waals surface area contributed by atoms with E-state index in [9.17, 15) is 13.6 Å². The Balaban J connectivity index is 2.65. The number of rotatable bonds is 1.